The Kier molecular flexibility index (Phi) is 8.05. The minimum absolute atomic E-state index is 0.0182. The number of ether oxygens (including phenoxy) is 1. The fraction of sp³-hybridized carbons (Fsp3) is 0.333. The highest BCUT2D eigenvalue weighted by Gasteiger charge is 2.29. The van der Waals surface area contributed by atoms with Gasteiger partial charge in [0.05, 0.1) is 23.2 Å². The molecule has 0 radical (unpaired) electrons. The summed E-state index contributed by atoms with van der Waals surface area (Å²) in [6, 6.07) is 16.6. The first kappa shape index (κ1) is 25.4. The van der Waals surface area contributed by atoms with Gasteiger partial charge >= 0.3 is 0 Å². The topological polar surface area (TPSA) is 88.8 Å². The van der Waals surface area contributed by atoms with Gasteiger partial charge in [0, 0.05) is 17.6 Å². The molecular formula is C27H30ClN5O3. The van der Waals surface area contributed by atoms with Crippen molar-refractivity contribution in [2.75, 3.05) is 6.61 Å². The number of carbonyl (C=O) groups excluding carboxylic acids is 2. The Hall–Kier alpha value is -3.65. The highest BCUT2D eigenvalue weighted by Crippen LogP contribution is 2.23. The van der Waals surface area contributed by atoms with Crippen LogP contribution in [0.4, 0.5) is 0 Å². The summed E-state index contributed by atoms with van der Waals surface area (Å²) in [5.41, 5.74) is 5.05. The van der Waals surface area contributed by atoms with E-state index in [9.17, 15) is 9.59 Å². The second kappa shape index (κ2) is 11.4. The number of piperidine rings is 1. The molecule has 2 atom stereocenters. The van der Waals surface area contributed by atoms with Crippen molar-refractivity contribution in [3.05, 3.63) is 76.6 Å². The van der Waals surface area contributed by atoms with Crippen LogP contribution in [0.2, 0.25) is 5.15 Å². The van der Waals surface area contributed by atoms with Gasteiger partial charge in [0.2, 0.25) is 0 Å². The zero-order valence-corrected chi connectivity index (χ0v) is 21.4. The second-order valence-corrected chi connectivity index (χ2v) is 9.34. The van der Waals surface area contributed by atoms with Gasteiger partial charge in [-0.15, -0.1) is 0 Å². The first-order valence-electron chi connectivity index (χ1n) is 12.0. The third-order valence-corrected chi connectivity index (χ3v) is 6.73. The first-order chi connectivity index (χ1) is 17.3. The highest BCUT2D eigenvalue weighted by atomic mass is 35.5. The van der Waals surface area contributed by atoms with E-state index in [1.807, 2.05) is 42.2 Å². The number of carbonyl (C=O) groups is 2. The van der Waals surface area contributed by atoms with Crippen LogP contribution in [-0.2, 0) is 4.79 Å². The standard InChI is InChI=1S/C27H30ClN5O3/c1-18-8-7-9-19(2)32(18)25(34)17-36-23-14-12-21(13-15-23)27(35)30-29-16-24-20(3)31-33(26(24)28)22-10-5-4-6-11-22/h4-6,10-16,18-19H,7-9,17H2,1-3H3,(H,30,35)/b29-16-/t18-,19-/m0/s1. The van der Waals surface area contributed by atoms with E-state index < -0.39 is 0 Å². The van der Waals surface area contributed by atoms with Crippen LogP contribution in [0.3, 0.4) is 0 Å². The lowest BCUT2D eigenvalue weighted by molar-refractivity contribution is -0.139. The number of rotatable bonds is 7. The van der Waals surface area contributed by atoms with Crippen LogP contribution in [0.5, 0.6) is 5.75 Å². The number of hydrogen-bond donors (Lipinski definition) is 1. The number of aryl methyl sites for hydroxylation is 1. The molecule has 1 fully saturated rings. The number of amides is 2. The Labute approximate surface area is 215 Å². The predicted molar refractivity (Wildman–Crippen MR) is 140 cm³/mol. The van der Waals surface area contributed by atoms with E-state index in [0.29, 0.717) is 27.7 Å². The van der Waals surface area contributed by atoms with Crippen molar-refractivity contribution in [3.63, 3.8) is 0 Å². The molecule has 1 aromatic heterocycles. The van der Waals surface area contributed by atoms with Crippen molar-refractivity contribution < 1.29 is 14.3 Å². The SMILES string of the molecule is Cc1nn(-c2ccccc2)c(Cl)c1/C=N\NC(=O)c1ccc(OCC(=O)N2[C@@H](C)CCC[C@@H]2C)cc1. The molecule has 3 aromatic rings. The summed E-state index contributed by atoms with van der Waals surface area (Å²) < 4.78 is 7.30. The van der Waals surface area contributed by atoms with Crippen LogP contribution in [0.25, 0.3) is 5.69 Å². The highest BCUT2D eigenvalue weighted by molar-refractivity contribution is 6.32. The zero-order chi connectivity index (χ0) is 25.7. The summed E-state index contributed by atoms with van der Waals surface area (Å²) in [6.07, 6.45) is 4.66. The fourth-order valence-corrected chi connectivity index (χ4v) is 4.77. The van der Waals surface area contributed by atoms with Gasteiger partial charge in [-0.25, -0.2) is 10.1 Å². The molecule has 1 N–H and O–H groups in total. The fourth-order valence-electron chi connectivity index (χ4n) is 4.45. The largest absolute Gasteiger partial charge is 0.484 e. The van der Waals surface area contributed by atoms with Crippen molar-refractivity contribution in [1.82, 2.24) is 20.1 Å². The Morgan fingerprint density at radius 2 is 1.78 bits per heavy atom. The van der Waals surface area contributed by atoms with E-state index in [1.165, 1.54) is 6.21 Å². The molecular weight excluding hydrogens is 478 g/mol. The van der Waals surface area contributed by atoms with Crippen molar-refractivity contribution in [1.29, 1.82) is 0 Å². The first-order valence-corrected chi connectivity index (χ1v) is 12.4. The summed E-state index contributed by atoms with van der Waals surface area (Å²) in [6.45, 7) is 5.95. The van der Waals surface area contributed by atoms with Crippen molar-refractivity contribution in [2.45, 2.75) is 52.1 Å². The number of benzene rings is 2. The van der Waals surface area contributed by atoms with Gasteiger partial charge in [-0.3, -0.25) is 9.59 Å². The van der Waals surface area contributed by atoms with Crippen LogP contribution >= 0.6 is 11.6 Å². The van der Waals surface area contributed by atoms with E-state index in [2.05, 4.69) is 29.5 Å². The third kappa shape index (κ3) is 5.76. The Morgan fingerprint density at radius 1 is 1.11 bits per heavy atom. The lowest BCUT2D eigenvalue weighted by Gasteiger charge is -2.38. The number of likely N-dealkylation sites (tertiary alicyclic amines) is 1. The minimum Gasteiger partial charge on any atom is -0.484 e. The van der Waals surface area contributed by atoms with E-state index in [-0.39, 0.29) is 30.5 Å². The number of hydrazone groups is 1. The molecule has 9 heteroatoms. The molecule has 0 bridgehead atoms. The molecule has 1 aliphatic heterocycles. The second-order valence-electron chi connectivity index (χ2n) is 8.98. The zero-order valence-electron chi connectivity index (χ0n) is 20.6. The van der Waals surface area contributed by atoms with Gasteiger partial charge in [0.25, 0.3) is 11.8 Å². The Balaban J connectivity index is 1.32. The average Bonchev–Trinajstić information content (AvgIpc) is 3.16. The number of halogens is 1. The van der Waals surface area contributed by atoms with E-state index in [0.717, 1.165) is 24.9 Å². The molecule has 0 saturated carbocycles. The Bertz CT molecular complexity index is 1230. The molecule has 2 aromatic carbocycles. The average molecular weight is 508 g/mol. The normalized spacial score (nSPS) is 17.8. The van der Waals surface area contributed by atoms with Gasteiger partial charge in [-0.2, -0.15) is 10.2 Å². The molecule has 0 aliphatic carbocycles. The Morgan fingerprint density at radius 3 is 2.44 bits per heavy atom. The molecule has 36 heavy (non-hydrogen) atoms. The number of nitrogens with one attached hydrogen (secondary N) is 1. The number of aromatic nitrogens is 2. The summed E-state index contributed by atoms with van der Waals surface area (Å²) >= 11 is 6.49. The van der Waals surface area contributed by atoms with Crippen LogP contribution in [-0.4, -0.2) is 51.4 Å². The molecule has 2 amide bonds. The van der Waals surface area contributed by atoms with Crippen LogP contribution in [0, 0.1) is 6.92 Å². The molecule has 0 unspecified atom stereocenters. The number of nitrogens with zero attached hydrogens (tertiary/aromatic N) is 4. The molecule has 2 heterocycles. The monoisotopic (exact) mass is 507 g/mol. The van der Waals surface area contributed by atoms with Crippen molar-refractivity contribution >= 4 is 29.6 Å². The van der Waals surface area contributed by atoms with Gasteiger partial charge < -0.3 is 9.64 Å². The lowest BCUT2D eigenvalue weighted by atomic mass is 9.97. The summed E-state index contributed by atoms with van der Waals surface area (Å²) in [7, 11) is 0. The molecule has 4 rings (SSSR count). The van der Waals surface area contributed by atoms with E-state index >= 15 is 0 Å². The van der Waals surface area contributed by atoms with Gasteiger partial charge in [0.15, 0.2) is 6.61 Å². The van der Waals surface area contributed by atoms with Gasteiger partial charge in [-0.05, 0) is 76.4 Å². The summed E-state index contributed by atoms with van der Waals surface area (Å²) in [5, 5.41) is 8.91. The molecule has 188 valence electrons. The van der Waals surface area contributed by atoms with E-state index in [1.54, 1.807) is 28.9 Å². The molecule has 1 aliphatic rings. The summed E-state index contributed by atoms with van der Waals surface area (Å²) in [4.78, 5) is 27.1. The van der Waals surface area contributed by atoms with Gasteiger partial charge in [-0.1, -0.05) is 29.8 Å². The van der Waals surface area contributed by atoms with E-state index in [4.69, 9.17) is 16.3 Å². The number of hydrogen-bond acceptors (Lipinski definition) is 5. The van der Waals surface area contributed by atoms with Crippen LogP contribution in [0.1, 0.15) is 54.7 Å². The minimum atomic E-state index is -0.380. The number of para-hydroxylation sites is 1. The van der Waals surface area contributed by atoms with Gasteiger partial charge in [0.1, 0.15) is 10.9 Å². The molecule has 1 saturated heterocycles. The molecule has 8 nitrogen and oxygen atoms in total. The third-order valence-electron chi connectivity index (χ3n) is 6.37. The van der Waals surface area contributed by atoms with Crippen molar-refractivity contribution in [3.8, 4) is 11.4 Å². The maximum absolute atomic E-state index is 12.6. The quantitative estimate of drug-likeness (QED) is 0.368. The van der Waals surface area contributed by atoms with Crippen LogP contribution < -0.4 is 10.2 Å². The smallest absolute Gasteiger partial charge is 0.271 e. The summed E-state index contributed by atoms with van der Waals surface area (Å²) in [5.74, 6) is 0.126. The maximum Gasteiger partial charge on any atom is 0.271 e. The predicted octanol–water partition coefficient (Wildman–Crippen LogP) is 4.77. The molecule has 0 spiro atoms. The maximum atomic E-state index is 12.6. The van der Waals surface area contributed by atoms with Crippen LogP contribution in [0.15, 0.2) is 59.7 Å². The lowest BCUT2D eigenvalue weighted by Crippen LogP contribution is -2.49. The van der Waals surface area contributed by atoms with Crippen molar-refractivity contribution in [2.24, 2.45) is 5.10 Å².